The molecule has 0 spiro atoms. The minimum atomic E-state index is -4.79. The van der Waals surface area contributed by atoms with E-state index >= 15 is 0 Å². The van der Waals surface area contributed by atoms with Crippen LogP contribution in [0.1, 0.15) is 5.69 Å². The lowest BCUT2D eigenvalue weighted by atomic mass is 10.1. The summed E-state index contributed by atoms with van der Waals surface area (Å²) in [7, 11) is -3.20. The SMILES string of the molecule is Cn1nc(-c2cc(S(=O)(=O)Nc3ccccc3)c(Cl)cc2Cl)c(=O)cc1C(F)(F)F. The molecule has 3 rings (SSSR count). The van der Waals surface area contributed by atoms with E-state index in [0.29, 0.717) is 10.7 Å². The van der Waals surface area contributed by atoms with E-state index < -0.39 is 37.9 Å². The van der Waals surface area contributed by atoms with Crippen molar-refractivity contribution < 1.29 is 21.6 Å². The molecule has 0 amide bonds. The number of hydrogen-bond acceptors (Lipinski definition) is 4. The van der Waals surface area contributed by atoms with Gasteiger partial charge in [-0.15, -0.1) is 0 Å². The van der Waals surface area contributed by atoms with Crippen molar-refractivity contribution in [2.24, 2.45) is 7.05 Å². The quantitative estimate of drug-likeness (QED) is 0.596. The van der Waals surface area contributed by atoms with Gasteiger partial charge in [0.1, 0.15) is 16.3 Å². The third kappa shape index (κ3) is 4.45. The number of alkyl halides is 3. The summed E-state index contributed by atoms with van der Waals surface area (Å²) in [5, 5.41) is 3.26. The highest BCUT2D eigenvalue weighted by atomic mass is 35.5. The second-order valence-electron chi connectivity index (χ2n) is 6.10. The molecule has 0 atom stereocenters. The number of halogens is 5. The minimum absolute atomic E-state index is 0.150. The molecule has 2 aromatic carbocycles. The Labute approximate surface area is 178 Å². The smallest absolute Gasteiger partial charge is 0.287 e. The monoisotopic (exact) mass is 477 g/mol. The van der Waals surface area contributed by atoms with Crippen LogP contribution in [0, 0.1) is 0 Å². The summed E-state index contributed by atoms with van der Waals surface area (Å²) in [6.07, 6.45) is -4.79. The number of nitrogens with zero attached hydrogens (tertiary/aromatic N) is 2. The third-order valence-corrected chi connectivity index (χ3v) is 6.14. The number of anilines is 1. The first-order valence-electron chi connectivity index (χ1n) is 8.13. The van der Waals surface area contributed by atoms with Gasteiger partial charge in [0.05, 0.1) is 10.0 Å². The highest BCUT2D eigenvalue weighted by Crippen LogP contribution is 2.35. The number of aromatic nitrogens is 2. The number of rotatable bonds is 4. The second kappa shape index (κ2) is 7.93. The summed E-state index contributed by atoms with van der Waals surface area (Å²) in [4.78, 5) is 11.9. The van der Waals surface area contributed by atoms with E-state index in [-0.39, 0.29) is 21.3 Å². The van der Waals surface area contributed by atoms with Gasteiger partial charge in [-0.05, 0) is 24.3 Å². The van der Waals surface area contributed by atoms with Gasteiger partial charge in [0.15, 0.2) is 0 Å². The number of hydrogen-bond donors (Lipinski definition) is 1. The fourth-order valence-corrected chi connectivity index (χ4v) is 4.55. The highest BCUT2D eigenvalue weighted by molar-refractivity contribution is 7.92. The highest BCUT2D eigenvalue weighted by Gasteiger charge is 2.35. The Morgan fingerprint density at radius 2 is 1.67 bits per heavy atom. The van der Waals surface area contributed by atoms with Gasteiger partial charge >= 0.3 is 6.18 Å². The predicted octanol–water partition coefficient (Wildman–Crippen LogP) is 4.57. The molecule has 1 aromatic heterocycles. The molecule has 6 nitrogen and oxygen atoms in total. The largest absolute Gasteiger partial charge is 0.433 e. The molecule has 1 heterocycles. The molecule has 0 aliphatic heterocycles. The van der Waals surface area contributed by atoms with Gasteiger partial charge in [0.2, 0.25) is 5.43 Å². The Bertz CT molecular complexity index is 1280. The fraction of sp³-hybridized carbons (Fsp3) is 0.111. The molecule has 158 valence electrons. The Hall–Kier alpha value is -2.56. The average molecular weight is 478 g/mol. The number of nitrogens with one attached hydrogen (secondary N) is 1. The maximum absolute atomic E-state index is 13.0. The molecule has 0 bridgehead atoms. The first-order valence-corrected chi connectivity index (χ1v) is 10.4. The van der Waals surface area contributed by atoms with E-state index in [0.717, 1.165) is 19.2 Å². The number of para-hydroxylation sites is 1. The van der Waals surface area contributed by atoms with Crippen LogP contribution in [0.3, 0.4) is 0 Å². The van der Waals surface area contributed by atoms with Crippen LogP contribution < -0.4 is 10.2 Å². The Morgan fingerprint density at radius 3 is 2.27 bits per heavy atom. The molecule has 0 saturated carbocycles. The fourth-order valence-electron chi connectivity index (χ4n) is 2.62. The third-order valence-electron chi connectivity index (χ3n) is 3.98. The Balaban J connectivity index is 2.15. The molecular weight excluding hydrogens is 466 g/mol. The zero-order valence-corrected chi connectivity index (χ0v) is 17.4. The topological polar surface area (TPSA) is 81.1 Å². The van der Waals surface area contributed by atoms with Crippen molar-refractivity contribution >= 4 is 38.9 Å². The molecule has 0 fully saturated rings. The van der Waals surface area contributed by atoms with Gasteiger partial charge in [-0.1, -0.05) is 41.4 Å². The summed E-state index contributed by atoms with van der Waals surface area (Å²) in [5.41, 5.74) is -2.72. The summed E-state index contributed by atoms with van der Waals surface area (Å²) in [6, 6.07) is 10.4. The van der Waals surface area contributed by atoms with Gasteiger partial charge in [0.25, 0.3) is 10.0 Å². The van der Waals surface area contributed by atoms with Crippen LogP contribution in [0.4, 0.5) is 18.9 Å². The van der Waals surface area contributed by atoms with Crippen LogP contribution in [0.5, 0.6) is 0 Å². The first-order chi connectivity index (χ1) is 13.9. The molecule has 1 N–H and O–H groups in total. The lowest BCUT2D eigenvalue weighted by Gasteiger charge is -2.14. The van der Waals surface area contributed by atoms with Crippen LogP contribution in [0.15, 0.2) is 58.2 Å². The van der Waals surface area contributed by atoms with Crippen molar-refractivity contribution in [1.82, 2.24) is 9.78 Å². The average Bonchev–Trinajstić information content (AvgIpc) is 2.63. The molecule has 0 radical (unpaired) electrons. The summed E-state index contributed by atoms with van der Waals surface area (Å²) >= 11 is 12.1. The van der Waals surface area contributed by atoms with Crippen LogP contribution in [0.25, 0.3) is 11.3 Å². The number of benzene rings is 2. The van der Waals surface area contributed by atoms with Gasteiger partial charge in [-0.25, -0.2) is 8.42 Å². The predicted molar refractivity (Wildman–Crippen MR) is 107 cm³/mol. The molecule has 12 heteroatoms. The van der Waals surface area contributed by atoms with E-state index in [1.54, 1.807) is 18.2 Å². The van der Waals surface area contributed by atoms with E-state index in [4.69, 9.17) is 23.2 Å². The normalized spacial score (nSPS) is 12.1. The molecule has 3 aromatic rings. The van der Waals surface area contributed by atoms with Crippen molar-refractivity contribution in [3.05, 3.63) is 74.5 Å². The zero-order chi connectivity index (χ0) is 22.3. The van der Waals surface area contributed by atoms with E-state index in [9.17, 15) is 26.4 Å². The number of sulfonamides is 1. The van der Waals surface area contributed by atoms with Crippen LogP contribution in [-0.2, 0) is 23.2 Å². The molecule has 0 aliphatic rings. The van der Waals surface area contributed by atoms with Crippen molar-refractivity contribution in [1.29, 1.82) is 0 Å². The lowest BCUT2D eigenvalue weighted by molar-refractivity contribution is -0.144. The van der Waals surface area contributed by atoms with E-state index in [2.05, 4.69) is 9.82 Å². The molecule has 0 saturated heterocycles. The van der Waals surface area contributed by atoms with Crippen LogP contribution >= 0.6 is 23.2 Å². The Morgan fingerprint density at radius 1 is 1.03 bits per heavy atom. The van der Waals surface area contributed by atoms with Gasteiger partial charge in [-0.2, -0.15) is 18.3 Å². The van der Waals surface area contributed by atoms with Crippen molar-refractivity contribution in [3.8, 4) is 11.3 Å². The Kier molecular flexibility index (Phi) is 5.85. The van der Waals surface area contributed by atoms with Gasteiger partial charge in [0, 0.05) is 24.4 Å². The van der Waals surface area contributed by atoms with Gasteiger partial charge in [-0.3, -0.25) is 14.2 Å². The van der Waals surface area contributed by atoms with Crippen LogP contribution in [0.2, 0.25) is 10.0 Å². The van der Waals surface area contributed by atoms with Crippen molar-refractivity contribution in [3.63, 3.8) is 0 Å². The summed E-state index contributed by atoms with van der Waals surface area (Å²) in [5.74, 6) is 0. The van der Waals surface area contributed by atoms with E-state index in [1.807, 2.05) is 0 Å². The molecule has 0 aliphatic carbocycles. The minimum Gasteiger partial charge on any atom is -0.287 e. The van der Waals surface area contributed by atoms with Crippen LogP contribution in [-0.4, -0.2) is 18.2 Å². The molecular formula is C18H12Cl2F3N3O3S. The zero-order valence-electron chi connectivity index (χ0n) is 15.0. The maximum atomic E-state index is 13.0. The lowest BCUT2D eigenvalue weighted by Crippen LogP contribution is -2.23. The maximum Gasteiger partial charge on any atom is 0.433 e. The van der Waals surface area contributed by atoms with Crippen molar-refractivity contribution in [2.75, 3.05) is 4.72 Å². The molecule has 30 heavy (non-hydrogen) atoms. The summed E-state index contributed by atoms with van der Waals surface area (Å²) in [6.45, 7) is 0. The summed E-state index contributed by atoms with van der Waals surface area (Å²) < 4.78 is 67.3. The first kappa shape index (κ1) is 22.1. The number of aryl methyl sites for hydroxylation is 1. The van der Waals surface area contributed by atoms with E-state index in [1.165, 1.54) is 12.1 Å². The van der Waals surface area contributed by atoms with Gasteiger partial charge < -0.3 is 0 Å². The molecule has 0 unspecified atom stereocenters. The standard InChI is InChI=1S/C18H12Cl2F3N3O3S/c1-26-16(18(21,22)23)9-14(27)17(24-26)11-7-15(13(20)8-12(11)19)30(28,29)25-10-5-3-2-4-6-10/h2-9,25H,1H3. The van der Waals surface area contributed by atoms with Crippen molar-refractivity contribution in [2.45, 2.75) is 11.1 Å². The second-order valence-corrected chi connectivity index (χ2v) is 8.56.